The molecule has 0 spiro atoms. The van der Waals surface area contributed by atoms with Crippen molar-refractivity contribution >= 4 is 11.6 Å². The summed E-state index contributed by atoms with van der Waals surface area (Å²) in [6, 6.07) is 4.57. The van der Waals surface area contributed by atoms with Crippen molar-refractivity contribution in [2.75, 3.05) is 13.1 Å². The van der Waals surface area contributed by atoms with E-state index in [1.807, 2.05) is 0 Å². The van der Waals surface area contributed by atoms with Gasteiger partial charge in [-0.05, 0) is 31.2 Å². The molecule has 2 aromatic rings. The SMILES string of the molecule is CCCNCCc1ncc(-c2ccc(Cl)c(F)c2)o1. The van der Waals surface area contributed by atoms with Crippen LogP contribution in [-0.2, 0) is 6.42 Å². The quantitative estimate of drug-likeness (QED) is 0.822. The average Bonchev–Trinajstić information content (AvgIpc) is 2.87. The zero-order chi connectivity index (χ0) is 13.7. The van der Waals surface area contributed by atoms with Crippen LogP contribution in [0.3, 0.4) is 0 Å². The number of nitrogens with one attached hydrogen (secondary N) is 1. The summed E-state index contributed by atoms with van der Waals surface area (Å²) in [5.74, 6) is 0.747. The third-order valence-corrected chi connectivity index (χ3v) is 3.01. The number of halogens is 2. The van der Waals surface area contributed by atoms with E-state index >= 15 is 0 Å². The fraction of sp³-hybridized carbons (Fsp3) is 0.357. The minimum Gasteiger partial charge on any atom is -0.441 e. The van der Waals surface area contributed by atoms with Gasteiger partial charge >= 0.3 is 0 Å². The summed E-state index contributed by atoms with van der Waals surface area (Å²) >= 11 is 5.64. The van der Waals surface area contributed by atoms with E-state index in [1.54, 1.807) is 12.3 Å². The van der Waals surface area contributed by atoms with Crippen molar-refractivity contribution in [3.8, 4) is 11.3 Å². The van der Waals surface area contributed by atoms with Crippen LogP contribution in [0.25, 0.3) is 11.3 Å². The number of hydrogen-bond donors (Lipinski definition) is 1. The second kappa shape index (κ2) is 6.68. The minimum absolute atomic E-state index is 0.104. The van der Waals surface area contributed by atoms with Crippen molar-refractivity contribution in [2.24, 2.45) is 0 Å². The van der Waals surface area contributed by atoms with E-state index in [0.717, 1.165) is 25.9 Å². The molecule has 1 aromatic carbocycles. The third kappa shape index (κ3) is 3.78. The molecule has 2 rings (SSSR count). The predicted octanol–water partition coefficient (Wildman–Crippen LogP) is 3.68. The first-order chi connectivity index (χ1) is 9.20. The van der Waals surface area contributed by atoms with E-state index in [9.17, 15) is 4.39 Å². The second-order valence-electron chi connectivity index (χ2n) is 4.25. The van der Waals surface area contributed by atoms with Crippen molar-refractivity contribution in [1.29, 1.82) is 0 Å². The highest BCUT2D eigenvalue weighted by Gasteiger charge is 2.08. The van der Waals surface area contributed by atoms with Gasteiger partial charge in [-0.2, -0.15) is 0 Å². The first-order valence-corrected chi connectivity index (χ1v) is 6.69. The number of rotatable bonds is 6. The molecule has 0 aliphatic carbocycles. The van der Waals surface area contributed by atoms with Crippen molar-refractivity contribution < 1.29 is 8.81 Å². The molecule has 0 atom stereocenters. The summed E-state index contributed by atoms with van der Waals surface area (Å²) in [7, 11) is 0. The van der Waals surface area contributed by atoms with Crippen LogP contribution in [0.2, 0.25) is 5.02 Å². The highest BCUT2D eigenvalue weighted by Crippen LogP contribution is 2.24. The number of hydrogen-bond acceptors (Lipinski definition) is 3. The van der Waals surface area contributed by atoms with Gasteiger partial charge in [0.1, 0.15) is 5.82 Å². The van der Waals surface area contributed by atoms with Crippen molar-refractivity contribution in [2.45, 2.75) is 19.8 Å². The first-order valence-electron chi connectivity index (χ1n) is 6.31. The predicted molar refractivity (Wildman–Crippen MR) is 73.8 cm³/mol. The largest absolute Gasteiger partial charge is 0.441 e. The van der Waals surface area contributed by atoms with Gasteiger partial charge < -0.3 is 9.73 Å². The van der Waals surface area contributed by atoms with E-state index in [-0.39, 0.29) is 5.02 Å². The molecule has 19 heavy (non-hydrogen) atoms. The summed E-state index contributed by atoms with van der Waals surface area (Å²) in [4.78, 5) is 4.18. The molecule has 1 N–H and O–H groups in total. The Morgan fingerprint density at radius 3 is 2.95 bits per heavy atom. The molecule has 0 aliphatic heterocycles. The number of aromatic nitrogens is 1. The van der Waals surface area contributed by atoms with E-state index in [2.05, 4.69) is 17.2 Å². The van der Waals surface area contributed by atoms with Crippen molar-refractivity contribution in [1.82, 2.24) is 10.3 Å². The Kier molecular flexibility index (Phi) is 4.93. The van der Waals surface area contributed by atoms with Gasteiger partial charge in [0.05, 0.1) is 11.2 Å². The van der Waals surface area contributed by atoms with Gasteiger partial charge in [-0.3, -0.25) is 0 Å². The highest BCUT2D eigenvalue weighted by atomic mass is 35.5. The second-order valence-corrected chi connectivity index (χ2v) is 4.65. The number of oxazole rings is 1. The third-order valence-electron chi connectivity index (χ3n) is 2.70. The van der Waals surface area contributed by atoms with Gasteiger partial charge in [0.2, 0.25) is 0 Å². The number of benzene rings is 1. The standard InChI is InChI=1S/C14H16ClFN2O/c1-2-6-17-7-5-14-18-9-13(19-14)10-3-4-11(15)12(16)8-10/h3-4,8-9,17H,2,5-7H2,1H3. The number of nitrogens with zero attached hydrogens (tertiary/aromatic N) is 1. The van der Waals surface area contributed by atoms with Gasteiger partial charge in [0, 0.05) is 18.5 Å². The lowest BCUT2D eigenvalue weighted by atomic mass is 10.2. The topological polar surface area (TPSA) is 38.1 Å². The van der Waals surface area contributed by atoms with E-state index < -0.39 is 5.82 Å². The molecule has 1 aromatic heterocycles. The average molecular weight is 283 g/mol. The lowest BCUT2D eigenvalue weighted by molar-refractivity contribution is 0.494. The summed E-state index contributed by atoms with van der Waals surface area (Å²) in [5, 5.41) is 3.38. The Hall–Kier alpha value is -1.39. The van der Waals surface area contributed by atoms with Crippen molar-refractivity contribution in [3.63, 3.8) is 0 Å². The molecule has 0 saturated heterocycles. The Labute approximate surface area is 116 Å². The van der Waals surface area contributed by atoms with Crippen LogP contribution >= 0.6 is 11.6 Å². The molecule has 0 bridgehead atoms. The minimum atomic E-state index is -0.457. The molecule has 5 heteroatoms. The van der Waals surface area contributed by atoms with Crippen LogP contribution < -0.4 is 5.32 Å². The van der Waals surface area contributed by atoms with Gasteiger partial charge in [-0.1, -0.05) is 18.5 Å². The molecule has 0 saturated carbocycles. The zero-order valence-electron chi connectivity index (χ0n) is 10.7. The van der Waals surface area contributed by atoms with Crippen LogP contribution in [0.4, 0.5) is 4.39 Å². The normalized spacial score (nSPS) is 10.9. The lowest BCUT2D eigenvalue weighted by Gasteiger charge is -2.00. The summed E-state index contributed by atoms with van der Waals surface area (Å²) in [6.07, 6.45) is 3.43. The molecule has 0 amide bonds. The Bertz CT molecular complexity index is 542. The zero-order valence-corrected chi connectivity index (χ0v) is 11.5. The van der Waals surface area contributed by atoms with Gasteiger partial charge in [0.15, 0.2) is 11.7 Å². The van der Waals surface area contributed by atoms with Crippen LogP contribution in [0.1, 0.15) is 19.2 Å². The van der Waals surface area contributed by atoms with E-state index in [0.29, 0.717) is 17.2 Å². The van der Waals surface area contributed by atoms with Crippen molar-refractivity contribution in [3.05, 3.63) is 41.1 Å². The lowest BCUT2D eigenvalue weighted by Crippen LogP contribution is -2.17. The fourth-order valence-corrected chi connectivity index (χ4v) is 1.82. The molecule has 0 radical (unpaired) electrons. The van der Waals surface area contributed by atoms with Gasteiger partial charge in [0.25, 0.3) is 0 Å². The van der Waals surface area contributed by atoms with Crippen LogP contribution in [0.5, 0.6) is 0 Å². The van der Waals surface area contributed by atoms with Crippen LogP contribution in [0.15, 0.2) is 28.8 Å². The van der Waals surface area contributed by atoms with E-state index in [4.69, 9.17) is 16.0 Å². The molecule has 1 heterocycles. The van der Waals surface area contributed by atoms with Gasteiger partial charge in [-0.15, -0.1) is 0 Å². The monoisotopic (exact) mass is 282 g/mol. The molecular weight excluding hydrogens is 267 g/mol. The summed E-state index contributed by atoms with van der Waals surface area (Å²) in [6.45, 7) is 3.92. The maximum absolute atomic E-state index is 13.4. The van der Waals surface area contributed by atoms with E-state index in [1.165, 1.54) is 12.1 Å². The van der Waals surface area contributed by atoms with Gasteiger partial charge in [-0.25, -0.2) is 9.37 Å². The Balaban J connectivity index is 2.01. The molecule has 102 valence electrons. The molecule has 0 aliphatic rings. The Morgan fingerprint density at radius 1 is 1.37 bits per heavy atom. The molecule has 0 fully saturated rings. The smallest absolute Gasteiger partial charge is 0.196 e. The van der Waals surface area contributed by atoms with Crippen LogP contribution in [-0.4, -0.2) is 18.1 Å². The molecule has 3 nitrogen and oxygen atoms in total. The summed E-state index contributed by atoms with van der Waals surface area (Å²) < 4.78 is 18.9. The molecular formula is C14H16ClFN2O. The first kappa shape index (κ1) is 14.0. The molecule has 0 unspecified atom stereocenters. The fourth-order valence-electron chi connectivity index (χ4n) is 1.71. The summed E-state index contributed by atoms with van der Waals surface area (Å²) in [5.41, 5.74) is 0.641. The van der Waals surface area contributed by atoms with Crippen LogP contribution in [0, 0.1) is 5.82 Å². The maximum atomic E-state index is 13.4. The Morgan fingerprint density at radius 2 is 2.21 bits per heavy atom. The maximum Gasteiger partial charge on any atom is 0.196 e. The highest BCUT2D eigenvalue weighted by molar-refractivity contribution is 6.30.